The van der Waals surface area contributed by atoms with Crippen LogP contribution in [0, 0.1) is 17.3 Å². The first-order valence-electron chi connectivity index (χ1n) is 7.13. The van der Waals surface area contributed by atoms with Gasteiger partial charge in [-0.3, -0.25) is 4.90 Å². The summed E-state index contributed by atoms with van der Waals surface area (Å²) in [6.45, 7) is 13.6. The lowest BCUT2D eigenvalue weighted by atomic mass is 9.61. The number of nitrogens with two attached hydrogens (primary N) is 1. The van der Waals surface area contributed by atoms with E-state index in [-0.39, 0.29) is 12.0 Å². The molecule has 0 saturated heterocycles. The summed E-state index contributed by atoms with van der Waals surface area (Å²) in [6.07, 6.45) is 4.23. The van der Waals surface area contributed by atoms with Crippen molar-refractivity contribution in [3.8, 4) is 0 Å². The van der Waals surface area contributed by atoms with Gasteiger partial charge in [0.25, 0.3) is 0 Å². The van der Waals surface area contributed by atoms with E-state index in [4.69, 9.17) is 10.8 Å². The fraction of sp³-hybridized carbons (Fsp3) is 0.867. The summed E-state index contributed by atoms with van der Waals surface area (Å²) in [5.41, 5.74) is 6.46. The lowest BCUT2D eigenvalue weighted by molar-refractivity contribution is 0.0279. The Balaban J connectivity index is 2.66. The van der Waals surface area contributed by atoms with Gasteiger partial charge in [0, 0.05) is 25.7 Å². The first-order chi connectivity index (χ1) is 8.43. The van der Waals surface area contributed by atoms with Gasteiger partial charge in [0.15, 0.2) is 0 Å². The number of aliphatic hydroxyl groups is 1. The van der Waals surface area contributed by atoms with E-state index in [0.717, 1.165) is 26.1 Å². The number of rotatable bonds is 6. The molecular formula is C15H30N2O. The highest BCUT2D eigenvalue weighted by atomic mass is 16.3. The third-order valence-corrected chi connectivity index (χ3v) is 5.00. The van der Waals surface area contributed by atoms with Crippen LogP contribution in [-0.2, 0) is 0 Å². The Hall–Kier alpha value is -0.380. The molecule has 3 N–H and O–H groups in total. The molecule has 0 aliphatic heterocycles. The van der Waals surface area contributed by atoms with Gasteiger partial charge in [0.2, 0.25) is 0 Å². The number of hydrogen-bond donors (Lipinski definition) is 2. The number of aliphatic hydroxyl groups excluding tert-OH is 1. The van der Waals surface area contributed by atoms with Gasteiger partial charge in [0.1, 0.15) is 0 Å². The van der Waals surface area contributed by atoms with Crippen molar-refractivity contribution < 1.29 is 5.11 Å². The van der Waals surface area contributed by atoms with Crippen LogP contribution in [0.5, 0.6) is 0 Å². The van der Waals surface area contributed by atoms with Gasteiger partial charge in [-0.1, -0.05) is 26.8 Å². The van der Waals surface area contributed by atoms with Crippen LogP contribution < -0.4 is 5.73 Å². The molecule has 3 nitrogen and oxygen atoms in total. The van der Waals surface area contributed by atoms with Gasteiger partial charge in [-0.25, -0.2) is 0 Å². The standard InChI is InChI=1S/C15H30N2O/c1-5-8-17(9-10-18)11-13-6-7-14(16)12(2)15(13,3)4/h5,12-14,18H,1,6-11,16H2,2-4H3. The third-order valence-electron chi connectivity index (χ3n) is 5.00. The van der Waals surface area contributed by atoms with Crippen LogP contribution in [-0.4, -0.2) is 42.3 Å². The van der Waals surface area contributed by atoms with E-state index in [1.807, 2.05) is 6.08 Å². The second-order valence-electron chi connectivity index (χ2n) is 6.32. The SMILES string of the molecule is C=CCN(CCO)CC1CCC(N)C(C)C1(C)C. The topological polar surface area (TPSA) is 49.5 Å². The minimum Gasteiger partial charge on any atom is -0.395 e. The van der Waals surface area contributed by atoms with E-state index in [0.29, 0.717) is 17.9 Å². The molecule has 0 aromatic heterocycles. The average Bonchev–Trinajstić information content (AvgIpc) is 2.31. The minimum absolute atomic E-state index is 0.218. The fourth-order valence-corrected chi connectivity index (χ4v) is 3.16. The maximum absolute atomic E-state index is 9.12. The van der Waals surface area contributed by atoms with Gasteiger partial charge in [0.05, 0.1) is 6.61 Å². The molecule has 106 valence electrons. The van der Waals surface area contributed by atoms with Crippen LogP contribution in [0.15, 0.2) is 12.7 Å². The molecule has 3 unspecified atom stereocenters. The minimum atomic E-state index is 0.218. The van der Waals surface area contributed by atoms with Crippen molar-refractivity contribution >= 4 is 0 Å². The van der Waals surface area contributed by atoms with E-state index in [2.05, 4.69) is 32.3 Å². The first-order valence-corrected chi connectivity index (χ1v) is 7.13. The fourth-order valence-electron chi connectivity index (χ4n) is 3.16. The highest BCUT2D eigenvalue weighted by Crippen LogP contribution is 2.44. The Kier molecular flexibility index (Phi) is 5.83. The first kappa shape index (κ1) is 15.7. The Bertz CT molecular complexity index is 265. The molecule has 3 heteroatoms. The Morgan fingerprint density at radius 1 is 1.44 bits per heavy atom. The number of nitrogens with zero attached hydrogens (tertiary/aromatic N) is 1. The predicted molar refractivity (Wildman–Crippen MR) is 77.4 cm³/mol. The van der Waals surface area contributed by atoms with Crippen LogP contribution in [0.25, 0.3) is 0 Å². The van der Waals surface area contributed by atoms with Crippen LogP contribution >= 0.6 is 0 Å². The second kappa shape index (κ2) is 6.69. The molecular weight excluding hydrogens is 224 g/mol. The molecule has 3 atom stereocenters. The largest absolute Gasteiger partial charge is 0.395 e. The average molecular weight is 254 g/mol. The van der Waals surface area contributed by atoms with E-state index in [1.54, 1.807) is 0 Å². The highest BCUT2D eigenvalue weighted by molar-refractivity contribution is 4.94. The van der Waals surface area contributed by atoms with Gasteiger partial charge in [-0.05, 0) is 30.1 Å². The van der Waals surface area contributed by atoms with Crippen molar-refractivity contribution in [3.63, 3.8) is 0 Å². The summed E-state index contributed by atoms with van der Waals surface area (Å²) < 4.78 is 0. The summed E-state index contributed by atoms with van der Waals surface area (Å²) in [5, 5.41) is 9.12. The van der Waals surface area contributed by atoms with Gasteiger partial charge < -0.3 is 10.8 Å². The monoisotopic (exact) mass is 254 g/mol. The molecule has 1 aliphatic carbocycles. The normalized spacial score (nSPS) is 31.6. The summed E-state index contributed by atoms with van der Waals surface area (Å²) >= 11 is 0. The molecule has 0 spiro atoms. The molecule has 1 fully saturated rings. The van der Waals surface area contributed by atoms with Gasteiger partial charge in [-0.2, -0.15) is 0 Å². The summed E-state index contributed by atoms with van der Waals surface area (Å²) in [6, 6.07) is 0.335. The lowest BCUT2D eigenvalue weighted by Crippen LogP contribution is -2.50. The van der Waals surface area contributed by atoms with Gasteiger partial charge in [-0.15, -0.1) is 6.58 Å². The zero-order chi connectivity index (χ0) is 13.8. The maximum atomic E-state index is 9.12. The van der Waals surface area contributed by atoms with E-state index in [9.17, 15) is 0 Å². The highest BCUT2D eigenvalue weighted by Gasteiger charge is 2.41. The molecule has 1 rings (SSSR count). The molecule has 0 radical (unpaired) electrons. The summed E-state index contributed by atoms with van der Waals surface area (Å²) in [7, 11) is 0. The Morgan fingerprint density at radius 3 is 2.67 bits per heavy atom. The van der Waals surface area contributed by atoms with E-state index < -0.39 is 0 Å². The Morgan fingerprint density at radius 2 is 2.11 bits per heavy atom. The summed E-state index contributed by atoms with van der Waals surface area (Å²) in [5.74, 6) is 1.20. The molecule has 1 saturated carbocycles. The van der Waals surface area contributed by atoms with Crippen molar-refractivity contribution in [2.45, 2.75) is 39.7 Å². The molecule has 1 aliphatic rings. The van der Waals surface area contributed by atoms with Crippen molar-refractivity contribution in [2.24, 2.45) is 23.0 Å². The van der Waals surface area contributed by atoms with E-state index >= 15 is 0 Å². The molecule has 0 heterocycles. The smallest absolute Gasteiger partial charge is 0.0558 e. The second-order valence-corrected chi connectivity index (χ2v) is 6.32. The van der Waals surface area contributed by atoms with Crippen LogP contribution in [0.2, 0.25) is 0 Å². The third kappa shape index (κ3) is 3.56. The lowest BCUT2D eigenvalue weighted by Gasteiger charge is -2.48. The number of hydrogen-bond acceptors (Lipinski definition) is 3. The van der Waals surface area contributed by atoms with Crippen LogP contribution in [0.1, 0.15) is 33.6 Å². The van der Waals surface area contributed by atoms with Gasteiger partial charge >= 0.3 is 0 Å². The van der Waals surface area contributed by atoms with Crippen LogP contribution in [0.3, 0.4) is 0 Å². The van der Waals surface area contributed by atoms with Crippen LogP contribution in [0.4, 0.5) is 0 Å². The molecule has 0 aromatic carbocycles. The van der Waals surface area contributed by atoms with E-state index in [1.165, 1.54) is 6.42 Å². The van der Waals surface area contributed by atoms with Crippen molar-refractivity contribution in [1.82, 2.24) is 4.90 Å². The van der Waals surface area contributed by atoms with Crippen molar-refractivity contribution in [3.05, 3.63) is 12.7 Å². The van der Waals surface area contributed by atoms with Crippen molar-refractivity contribution in [2.75, 3.05) is 26.2 Å². The molecule has 18 heavy (non-hydrogen) atoms. The molecule has 0 bridgehead atoms. The summed E-state index contributed by atoms with van der Waals surface area (Å²) in [4.78, 5) is 2.29. The quantitative estimate of drug-likeness (QED) is 0.711. The van der Waals surface area contributed by atoms with Crippen molar-refractivity contribution in [1.29, 1.82) is 0 Å². The molecule has 0 aromatic rings. The Labute approximate surface area is 112 Å². The zero-order valence-electron chi connectivity index (χ0n) is 12.2. The predicted octanol–water partition coefficient (Wildman–Crippen LogP) is 1.87. The zero-order valence-corrected chi connectivity index (χ0v) is 12.2. The maximum Gasteiger partial charge on any atom is 0.0558 e. The molecule has 0 amide bonds.